The molecule has 1 aliphatic heterocycles. The molecule has 1 aromatic rings. The molecule has 4 rings (SSSR count). The third-order valence-corrected chi connectivity index (χ3v) is 9.69. The van der Waals surface area contributed by atoms with Crippen LogP contribution < -0.4 is 4.74 Å². The molecule has 1 heterocycles. The van der Waals surface area contributed by atoms with E-state index in [0.29, 0.717) is 11.3 Å². The average molecular weight is 543 g/mol. The van der Waals surface area contributed by atoms with Crippen molar-refractivity contribution in [1.29, 1.82) is 0 Å². The van der Waals surface area contributed by atoms with E-state index in [1.165, 1.54) is 14.0 Å². The molecule has 3 aliphatic rings. The van der Waals surface area contributed by atoms with Crippen molar-refractivity contribution < 1.29 is 28.7 Å². The van der Waals surface area contributed by atoms with E-state index in [9.17, 15) is 19.2 Å². The summed E-state index contributed by atoms with van der Waals surface area (Å²) in [7, 11) is 1.49. The van der Waals surface area contributed by atoms with Gasteiger partial charge in [-0.05, 0) is 37.3 Å². The summed E-state index contributed by atoms with van der Waals surface area (Å²) in [4.78, 5) is 52.2. The zero-order chi connectivity index (χ0) is 21.7. The van der Waals surface area contributed by atoms with Crippen molar-refractivity contribution in [3.8, 4) is 5.75 Å². The van der Waals surface area contributed by atoms with Crippen molar-refractivity contribution in [3.05, 3.63) is 29.8 Å². The Bertz CT molecular complexity index is 889. The summed E-state index contributed by atoms with van der Waals surface area (Å²) in [5.41, 5.74) is 0.348. The normalized spacial score (nSPS) is 32.9. The van der Waals surface area contributed by atoms with Gasteiger partial charge in [0, 0.05) is 15.2 Å². The highest BCUT2D eigenvalue weighted by molar-refractivity contribution is 9.12. The van der Waals surface area contributed by atoms with E-state index in [-0.39, 0.29) is 33.3 Å². The Morgan fingerprint density at radius 1 is 1.13 bits per heavy atom. The standard InChI is InChI=1S/C21H21Br2NO6/c1-9(21(28)30-8-14(25)10-4-3-5-11(6-10)29-2)24-19(26)15-12-7-13(16(15)20(24)27)18(23)17(12)22/h3-6,9,12-13,15-18H,7-8H2,1-2H3/t9-,12+,13+,15+,16+,17-,18+/m1/s1. The van der Waals surface area contributed by atoms with E-state index in [2.05, 4.69) is 31.9 Å². The smallest absolute Gasteiger partial charge is 0.329 e. The van der Waals surface area contributed by atoms with E-state index < -0.39 is 36.2 Å². The molecule has 7 nitrogen and oxygen atoms in total. The van der Waals surface area contributed by atoms with E-state index in [1.54, 1.807) is 24.3 Å². The van der Waals surface area contributed by atoms with E-state index in [1.807, 2.05) is 0 Å². The van der Waals surface area contributed by atoms with Crippen molar-refractivity contribution in [2.45, 2.75) is 29.0 Å². The second kappa shape index (κ2) is 8.07. The Kier molecular flexibility index (Phi) is 5.78. The molecule has 9 heteroatoms. The molecule has 1 saturated heterocycles. The van der Waals surface area contributed by atoms with Gasteiger partial charge in [-0.3, -0.25) is 19.3 Å². The Morgan fingerprint density at radius 2 is 1.73 bits per heavy atom. The van der Waals surface area contributed by atoms with Crippen LogP contribution in [0.4, 0.5) is 0 Å². The highest BCUT2D eigenvalue weighted by Crippen LogP contribution is 2.60. The van der Waals surface area contributed by atoms with Gasteiger partial charge >= 0.3 is 5.97 Å². The van der Waals surface area contributed by atoms with E-state index in [4.69, 9.17) is 9.47 Å². The number of imide groups is 1. The minimum atomic E-state index is -1.07. The number of rotatable bonds is 6. The number of hydrogen-bond acceptors (Lipinski definition) is 6. The number of methoxy groups -OCH3 is 1. The third-order valence-electron chi connectivity index (χ3n) is 6.49. The Labute approximate surface area is 190 Å². The third kappa shape index (κ3) is 3.30. The summed E-state index contributed by atoms with van der Waals surface area (Å²) >= 11 is 7.27. The highest BCUT2D eigenvalue weighted by Gasteiger charge is 2.67. The predicted molar refractivity (Wildman–Crippen MR) is 114 cm³/mol. The van der Waals surface area contributed by atoms with Crippen LogP contribution in [-0.4, -0.2) is 57.9 Å². The lowest BCUT2D eigenvalue weighted by Crippen LogP contribution is -2.45. The Balaban J connectivity index is 1.41. The van der Waals surface area contributed by atoms with Gasteiger partial charge in [0.1, 0.15) is 11.8 Å². The molecule has 0 aromatic heterocycles. The first-order valence-electron chi connectivity index (χ1n) is 9.75. The maximum atomic E-state index is 13.0. The molecule has 0 N–H and O–H groups in total. The van der Waals surface area contributed by atoms with Crippen LogP contribution in [0, 0.1) is 23.7 Å². The fourth-order valence-corrected chi connectivity index (χ4v) is 6.87. The number of amides is 2. The summed E-state index contributed by atoms with van der Waals surface area (Å²) in [6, 6.07) is 5.45. The van der Waals surface area contributed by atoms with Crippen LogP contribution >= 0.6 is 31.9 Å². The monoisotopic (exact) mass is 541 g/mol. The molecule has 2 saturated carbocycles. The summed E-state index contributed by atoms with van der Waals surface area (Å²) in [6.07, 6.45) is 0.820. The van der Waals surface area contributed by atoms with Crippen LogP contribution in [0.2, 0.25) is 0 Å². The first-order valence-corrected chi connectivity index (χ1v) is 11.6. The number of likely N-dealkylation sites (tertiary alicyclic amines) is 1. The molecule has 0 spiro atoms. The number of nitrogens with zero attached hydrogens (tertiary/aromatic N) is 1. The summed E-state index contributed by atoms with van der Waals surface area (Å²) in [5, 5.41) is 0. The van der Waals surface area contributed by atoms with Gasteiger partial charge in [0.2, 0.25) is 11.8 Å². The van der Waals surface area contributed by atoms with Crippen LogP contribution in [-0.2, 0) is 19.1 Å². The highest BCUT2D eigenvalue weighted by atomic mass is 79.9. The molecule has 0 unspecified atom stereocenters. The Morgan fingerprint density at radius 3 is 2.30 bits per heavy atom. The van der Waals surface area contributed by atoms with Gasteiger partial charge < -0.3 is 9.47 Å². The molecule has 3 fully saturated rings. The second-order valence-corrected chi connectivity index (χ2v) is 10.1. The van der Waals surface area contributed by atoms with Crippen molar-refractivity contribution >= 4 is 55.4 Å². The minimum Gasteiger partial charge on any atom is -0.497 e. The molecule has 1 aromatic carbocycles. The number of hydrogen-bond donors (Lipinski definition) is 0. The Hall–Kier alpha value is -1.74. The predicted octanol–water partition coefficient (Wildman–Crippen LogP) is 2.59. The van der Waals surface area contributed by atoms with Gasteiger partial charge in [-0.15, -0.1) is 0 Å². The molecule has 160 valence electrons. The largest absolute Gasteiger partial charge is 0.497 e. The van der Waals surface area contributed by atoms with Crippen LogP contribution in [0.1, 0.15) is 23.7 Å². The lowest BCUT2D eigenvalue weighted by atomic mass is 9.81. The number of esters is 1. The topological polar surface area (TPSA) is 90.0 Å². The molecule has 7 atom stereocenters. The first-order chi connectivity index (χ1) is 14.3. The number of alkyl halides is 2. The van der Waals surface area contributed by atoms with Gasteiger partial charge in [0.25, 0.3) is 0 Å². The number of carbonyl (C=O) groups excluding carboxylic acids is 4. The van der Waals surface area contributed by atoms with Crippen molar-refractivity contribution in [3.63, 3.8) is 0 Å². The second-order valence-electron chi connectivity index (χ2n) is 7.99. The van der Waals surface area contributed by atoms with E-state index in [0.717, 1.165) is 11.3 Å². The molecule has 2 bridgehead atoms. The minimum absolute atomic E-state index is 0.0729. The van der Waals surface area contributed by atoms with Crippen molar-refractivity contribution in [2.75, 3.05) is 13.7 Å². The van der Waals surface area contributed by atoms with Gasteiger partial charge in [-0.1, -0.05) is 44.0 Å². The number of carbonyl (C=O) groups is 4. The summed E-state index contributed by atoms with van der Waals surface area (Å²) in [5.74, 6) is -1.92. The van der Waals surface area contributed by atoms with Gasteiger partial charge in [0.15, 0.2) is 12.4 Å². The SMILES string of the molecule is COc1cccc(C(=O)COC(=O)[C@@H](C)N2C(=O)[C@H]3[C@@H]4C[C@H]([C@@H](Br)[C@H]4Br)[C@@H]3C2=O)c1. The molecular formula is C21H21Br2NO6. The average Bonchev–Trinajstić information content (AvgIpc) is 3.36. The van der Waals surface area contributed by atoms with Crippen LogP contribution in [0.25, 0.3) is 0 Å². The van der Waals surface area contributed by atoms with Gasteiger partial charge in [-0.2, -0.15) is 0 Å². The number of halogens is 2. The number of ether oxygens (including phenoxy) is 2. The molecule has 0 radical (unpaired) electrons. The fraction of sp³-hybridized carbons (Fsp3) is 0.524. The molecule has 2 aliphatic carbocycles. The van der Waals surface area contributed by atoms with Crippen LogP contribution in [0.5, 0.6) is 5.75 Å². The maximum absolute atomic E-state index is 13.0. The molecule has 30 heavy (non-hydrogen) atoms. The van der Waals surface area contributed by atoms with Gasteiger partial charge in [-0.25, -0.2) is 4.79 Å². The maximum Gasteiger partial charge on any atom is 0.329 e. The lowest BCUT2D eigenvalue weighted by Gasteiger charge is -2.28. The van der Waals surface area contributed by atoms with Crippen LogP contribution in [0.15, 0.2) is 24.3 Å². The quantitative estimate of drug-likeness (QED) is 0.237. The summed E-state index contributed by atoms with van der Waals surface area (Å²) in [6.45, 7) is 0.992. The zero-order valence-corrected chi connectivity index (χ0v) is 19.6. The number of benzene rings is 1. The number of Topliss-reactive ketones (excluding diaryl/α,β-unsaturated/α-hetero) is 1. The van der Waals surface area contributed by atoms with Crippen molar-refractivity contribution in [2.24, 2.45) is 23.7 Å². The summed E-state index contributed by atoms with van der Waals surface area (Å²) < 4.78 is 10.2. The first kappa shape index (κ1) is 21.5. The van der Waals surface area contributed by atoms with Crippen molar-refractivity contribution in [1.82, 2.24) is 4.90 Å². The molecular weight excluding hydrogens is 522 g/mol. The van der Waals surface area contributed by atoms with Gasteiger partial charge in [0.05, 0.1) is 18.9 Å². The number of fused-ring (bicyclic) bond motifs is 5. The van der Waals surface area contributed by atoms with Crippen LogP contribution in [0.3, 0.4) is 0 Å². The zero-order valence-electron chi connectivity index (χ0n) is 16.4. The number of ketones is 1. The molecule has 2 amide bonds. The lowest BCUT2D eigenvalue weighted by molar-refractivity contribution is -0.157. The van der Waals surface area contributed by atoms with E-state index >= 15 is 0 Å². The fourth-order valence-electron chi connectivity index (χ4n) is 5.00.